The first-order valence-electron chi connectivity index (χ1n) is 4.56. The van der Waals surface area contributed by atoms with Crippen LogP contribution in [-0.4, -0.2) is 32.2 Å². The van der Waals surface area contributed by atoms with Crippen molar-refractivity contribution in [2.24, 2.45) is 11.1 Å². The van der Waals surface area contributed by atoms with Gasteiger partial charge in [-0.15, -0.1) is 0 Å². The fraction of sp³-hybridized carbons (Fsp3) is 0.889. The molecule has 3 N–H and O–H groups in total. The van der Waals surface area contributed by atoms with Crippen LogP contribution >= 0.6 is 0 Å². The van der Waals surface area contributed by atoms with Crippen LogP contribution in [0, 0.1) is 5.41 Å². The molecule has 0 atom stereocenters. The fourth-order valence-electron chi connectivity index (χ4n) is 0.656. The van der Waals surface area contributed by atoms with E-state index in [0.29, 0.717) is 19.7 Å². The summed E-state index contributed by atoms with van der Waals surface area (Å²) in [5, 5.41) is 2.76. The number of carbonyl (C=O) groups excluding carboxylic acids is 1. The molecule has 4 nitrogen and oxygen atoms in total. The number of nitrogens with one attached hydrogen (secondary N) is 1. The lowest BCUT2D eigenvalue weighted by atomic mass is 9.94. The number of ether oxygens (including phenoxy) is 1. The summed E-state index contributed by atoms with van der Waals surface area (Å²) in [7, 11) is 0. The average molecular weight is 188 g/mol. The van der Waals surface area contributed by atoms with E-state index in [-0.39, 0.29) is 17.9 Å². The molecule has 0 saturated carbocycles. The monoisotopic (exact) mass is 188 g/mol. The van der Waals surface area contributed by atoms with Crippen molar-refractivity contribution in [1.29, 1.82) is 0 Å². The van der Waals surface area contributed by atoms with Gasteiger partial charge in [0.25, 0.3) is 0 Å². The Balaban J connectivity index is 3.57. The van der Waals surface area contributed by atoms with Crippen LogP contribution in [0.15, 0.2) is 0 Å². The molecule has 13 heavy (non-hydrogen) atoms. The van der Waals surface area contributed by atoms with Crippen LogP contribution in [-0.2, 0) is 9.53 Å². The molecule has 0 saturated heterocycles. The molecule has 1 amide bonds. The van der Waals surface area contributed by atoms with Gasteiger partial charge in [-0.3, -0.25) is 4.79 Å². The highest BCUT2D eigenvalue weighted by Crippen LogP contribution is 2.09. The van der Waals surface area contributed by atoms with Crippen molar-refractivity contribution in [3.63, 3.8) is 0 Å². The summed E-state index contributed by atoms with van der Waals surface area (Å²) in [6, 6.07) is 0. The predicted molar refractivity (Wildman–Crippen MR) is 52.3 cm³/mol. The normalized spacial score (nSPS) is 11.4. The van der Waals surface area contributed by atoms with Crippen LogP contribution < -0.4 is 11.1 Å². The quantitative estimate of drug-likeness (QED) is 0.622. The van der Waals surface area contributed by atoms with Gasteiger partial charge >= 0.3 is 0 Å². The van der Waals surface area contributed by atoms with Gasteiger partial charge in [0.15, 0.2) is 0 Å². The first-order valence-corrected chi connectivity index (χ1v) is 4.56. The summed E-state index contributed by atoms with van der Waals surface area (Å²) in [5.41, 5.74) is 5.47. The summed E-state index contributed by atoms with van der Waals surface area (Å²) in [6.07, 6.45) is 0. The van der Waals surface area contributed by atoms with Gasteiger partial charge in [0.05, 0.1) is 0 Å². The van der Waals surface area contributed by atoms with Gasteiger partial charge in [0.1, 0.15) is 6.61 Å². The number of hydrogen-bond acceptors (Lipinski definition) is 3. The molecule has 0 spiro atoms. The zero-order valence-electron chi connectivity index (χ0n) is 8.72. The first kappa shape index (κ1) is 12.4. The minimum atomic E-state index is -0.0802. The molecule has 0 aromatic rings. The lowest BCUT2D eigenvalue weighted by molar-refractivity contribution is -0.125. The van der Waals surface area contributed by atoms with Gasteiger partial charge in [0, 0.05) is 13.2 Å². The lowest BCUT2D eigenvalue weighted by Crippen LogP contribution is -2.39. The second-order valence-electron chi connectivity index (χ2n) is 3.78. The highest BCUT2D eigenvalue weighted by Gasteiger charge is 2.16. The van der Waals surface area contributed by atoms with Crippen molar-refractivity contribution in [3.8, 4) is 0 Å². The second kappa shape index (κ2) is 5.94. The fourth-order valence-corrected chi connectivity index (χ4v) is 0.656. The summed E-state index contributed by atoms with van der Waals surface area (Å²) in [4.78, 5) is 11.1. The minimum Gasteiger partial charge on any atom is -0.372 e. The van der Waals surface area contributed by atoms with E-state index in [1.165, 1.54) is 0 Å². The average Bonchev–Trinajstić information content (AvgIpc) is 2.11. The summed E-state index contributed by atoms with van der Waals surface area (Å²) in [5.74, 6) is -0.0802. The largest absolute Gasteiger partial charge is 0.372 e. The van der Waals surface area contributed by atoms with Gasteiger partial charge in [-0.1, -0.05) is 13.8 Å². The van der Waals surface area contributed by atoms with Crippen LogP contribution in [0.3, 0.4) is 0 Å². The maximum Gasteiger partial charge on any atom is 0.246 e. The number of amides is 1. The maximum absolute atomic E-state index is 11.1. The molecule has 0 radical (unpaired) electrons. The highest BCUT2D eigenvalue weighted by atomic mass is 16.5. The lowest BCUT2D eigenvalue weighted by Gasteiger charge is -2.22. The van der Waals surface area contributed by atoms with Gasteiger partial charge in [-0.25, -0.2) is 0 Å². The molecule has 0 fully saturated rings. The van der Waals surface area contributed by atoms with Crippen molar-refractivity contribution in [2.75, 3.05) is 26.3 Å². The molecule has 0 aromatic carbocycles. The number of carbonyl (C=O) groups is 1. The molecule has 0 aromatic heterocycles. The van der Waals surface area contributed by atoms with Crippen molar-refractivity contribution < 1.29 is 9.53 Å². The Morgan fingerprint density at radius 1 is 1.54 bits per heavy atom. The van der Waals surface area contributed by atoms with E-state index in [4.69, 9.17) is 10.5 Å². The smallest absolute Gasteiger partial charge is 0.246 e. The Bertz CT molecular complexity index is 158. The number of hydrogen-bond donors (Lipinski definition) is 2. The third-order valence-corrected chi connectivity index (χ3v) is 1.75. The number of nitrogens with two attached hydrogens (primary N) is 1. The Labute approximate surface area is 79.8 Å². The third kappa shape index (κ3) is 6.54. The molecule has 0 aliphatic carbocycles. The van der Waals surface area contributed by atoms with Crippen molar-refractivity contribution in [1.82, 2.24) is 5.32 Å². The van der Waals surface area contributed by atoms with Crippen LogP contribution in [0.25, 0.3) is 0 Å². The topological polar surface area (TPSA) is 64.3 Å². The molecule has 0 heterocycles. The van der Waals surface area contributed by atoms with Crippen molar-refractivity contribution >= 4 is 5.91 Å². The molecular weight excluding hydrogens is 168 g/mol. The second-order valence-corrected chi connectivity index (χ2v) is 3.78. The van der Waals surface area contributed by atoms with Crippen LogP contribution in [0.1, 0.15) is 20.8 Å². The molecule has 0 rings (SSSR count). The maximum atomic E-state index is 11.1. The van der Waals surface area contributed by atoms with Gasteiger partial charge in [-0.2, -0.15) is 0 Å². The van der Waals surface area contributed by atoms with E-state index in [1.54, 1.807) is 0 Å². The molecule has 0 unspecified atom stereocenters. The van der Waals surface area contributed by atoms with Gasteiger partial charge < -0.3 is 15.8 Å². The van der Waals surface area contributed by atoms with E-state index < -0.39 is 0 Å². The Morgan fingerprint density at radius 3 is 2.62 bits per heavy atom. The zero-order valence-corrected chi connectivity index (χ0v) is 8.72. The molecule has 0 aliphatic rings. The Hall–Kier alpha value is -0.610. The van der Waals surface area contributed by atoms with E-state index in [0.717, 1.165) is 0 Å². The molecule has 0 bridgehead atoms. The molecular formula is C9H20N2O2. The molecule has 0 aliphatic heterocycles. The van der Waals surface area contributed by atoms with E-state index in [1.807, 2.05) is 20.8 Å². The third-order valence-electron chi connectivity index (χ3n) is 1.75. The minimum absolute atomic E-state index is 0.0398. The Morgan fingerprint density at radius 2 is 2.15 bits per heavy atom. The summed E-state index contributed by atoms with van der Waals surface area (Å²) < 4.78 is 4.95. The predicted octanol–water partition coefficient (Wildman–Crippen LogP) is 0.124. The summed E-state index contributed by atoms with van der Waals surface area (Å²) >= 11 is 0. The van der Waals surface area contributed by atoms with Crippen molar-refractivity contribution in [2.45, 2.75) is 20.8 Å². The van der Waals surface area contributed by atoms with E-state index in [9.17, 15) is 4.79 Å². The molecule has 4 heteroatoms. The first-order chi connectivity index (χ1) is 6.02. The van der Waals surface area contributed by atoms with Crippen molar-refractivity contribution in [3.05, 3.63) is 0 Å². The standard InChI is InChI=1S/C9H20N2O2/c1-4-13-5-8(12)11-7-9(2,3)6-10/h4-7,10H2,1-3H3,(H,11,12). The van der Waals surface area contributed by atoms with Gasteiger partial charge in [-0.05, 0) is 18.9 Å². The van der Waals surface area contributed by atoms with Crippen LogP contribution in [0.5, 0.6) is 0 Å². The highest BCUT2D eigenvalue weighted by molar-refractivity contribution is 5.77. The molecule has 78 valence electrons. The Kier molecular flexibility index (Phi) is 5.66. The zero-order chi connectivity index (χ0) is 10.3. The van der Waals surface area contributed by atoms with Crippen LogP contribution in [0.4, 0.5) is 0 Å². The summed E-state index contributed by atoms with van der Waals surface area (Å²) in [6.45, 7) is 7.72. The van der Waals surface area contributed by atoms with Crippen LogP contribution in [0.2, 0.25) is 0 Å². The van der Waals surface area contributed by atoms with E-state index in [2.05, 4.69) is 5.32 Å². The van der Waals surface area contributed by atoms with E-state index >= 15 is 0 Å². The van der Waals surface area contributed by atoms with Gasteiger partial charge in [0.2, 0.25) is 5.91 Å². The SMILES string of the molecule is CCOCC(=O)NCC(C)(C)CN. The number of rotatable bonds is 6.